The van der Waals surface area contributed by atoms with Gasteiger partial charge in [0.25, 0.3) is 0 Å². The average Bonchev–Trinajstić information content (AvgIpc) is 3.17. The number of likely N-dealkylation sites (tertiary alicyclic amines) is 1. The van der Waals surface area contributed by atoms with Gasteiger partial charge in [-0.3, -0.25) is 4.90 Å². The molecule has 0 amide bonds. The molecule has 5 nitrogen and oxygen atoms in total. The van der Waals surface area contributed by atoms with Crippen molar-refractivity contribution in [3.63, 3.8) is 0 Å². The van der Waals surface area contributed by atoms with Crippen LogP contribution in [0.3, 0.4) is 0 Å². The van der Waals surface area contributed by atoms with Crippen molar-refractivity contribution in [3.8, 4) is 0 Å². The molecule has 1 saturated heterocycles. The number of aromatic nitrogens is 2. The minimum absolute atomic E-state index is 0. The molecule has 2 atom stereocenters. The zero-order valence-corrected chi connectivity index (χ0v) is 14.9. The third kappa shape index (κ3) is 4.12. The molecule has 7 heteroatoms. The molecular weight excluding hydrogens is 331 g/mol. The monoisotopic (exact) mass is 354 g/mol. The van der Waals surface area contributed by atoms with E-state index in [9.17, 15) is 4.39 Å². The van der Waals surface area contributed by atoms with E-state index in [2.05, 4.69) is 28.9 Å². The van der Waals surface area contributed by atoms with Crippen LogP contribution in [0.5, 0.6) is 0 Å². The summed E-state index contributed by atoms with van der Waals surface area (Å²) < 4.78 is 18.4. The smallest absolute Gasteiger partial charge is 0.243 e. The predicted molar refractivity (Wildman–Crippen MR) is 92.5 cm³/mol. The van der Waals surface area contributed by atoms with Gasteiger partial charge in [-0.2, -0.15) is 4.98 Å². The zero-order chi connectivity index (χ0) is 16.4. The van der Waals surface area contributed by atoms with Crippen LogP contribution in [0.25, 0.3) is 0 Å². The summed E-state index contributed by atoms with van der Waals surface area (Å²) in [5, 5.41) is 4.05. The Hall–Kier alpha value is -1.50. The highest BCUT2D eigenvalue weighted by Crippen LogP contribution is 2.33. The average molecular weight is 355 g/mol. The van der Waals surface area contributed by atoms with E-state index in [-0.39, 0.29) is 29.7 Å². The van der Waals surface area contributed by atoms with Gasteiger partial charge in [0.05, 0.1) is 6.04 Å². The molecule has 0 bridgehead atoms. The van der Waals surface area contributed by atoms with Crippen LogP contribution in [0.4, 0.5) is 4.39 Å². The van der Waals surface area contributed by atoms with E-state index in [1.165, 1.54) is 12.1 Å². The topological polar surface area (TPSA) is 68.2 Å². The molecule has 2 N–H and O–H groups in total. The lowest BCUT2D eigenvalue weighted by atomic mass is 9.90. The maximum atomic E-state index is 12.9. The fraction of sp³-hybridized carbons (Fsp3) is 0.529. The van der Waals surface area contributed by atoms with Gasteiger partial charge >= 0.3 is 0 Å². The van der Waals surface area contributed by atoms with Crippen molar-refractivity contribution in [3.05, 3.63) is 47.4 Å². The van der Waals surface area contributed by atoms with Crippen molar-refractivity contribution < 1.29 is 8.91 Å². The summed E-state index contributed by atoms with van der Waals surface area (Å²) >= 11 is 0. The fourth-order valence-corrected chi connectivity index (χ4v) is 3.01. The Morgan fingerprint density at radius 1 is 1.38 bits per heavy atom. The lowest BCUT2D eigenvalue weighted by Crippen LogP contribution is -2.32. The molecule has 1 aliphatic rings. The lowest BCUT2D eigenvalue weighted by Gasteiger charge is -2.25. The minimum Gasteiger partial charge on any atom is -0.338 e. The number of hydrogen-bond acceptors (Lipinski definition) is 5. The fourth-order valence-electron chi connectivity index (χ4n) is 3.01. The highest BCUT2D eigenvalue weighted by molar-refractivity contribution is 5.85. The Morgan fingerprint density at radius 3 is 2.71 bits per heavy atom. The highest BCUT2D eigenvalue weighted by atomic mass is 35.5. The molecular formula is C17H24ClFN4O. The Balaban J connectivity index is 0.00000208. The molecule has 2 unspecified atom stereocenters. The highest BCUT2D eigenvalue weighted by Gasteiger charge is 2.36. The second-order valence-corrected chi connectivity index (χ2v) is 6.76. The number of nitrogens with two attached hydrogens (primary N) is 1. The first-order valence-electron chi connectivity index (χ1n) is 8.00. The Labute approximate surface area is 147 Å². The molecule has 1 aromatic heterocycles. The third-order valence-electron chi connectivity index (χ3n) is 4.74. The summed E-state index contributed by atoms with van der Waals surface area (Å²) in [6.07, 6.45) is 1.63. The van der Waals surface area contributed by atoms with E-state index in [1.54, 1.807) is 12.1 Å². The maximum Gasteiger partial charge on any atom is 0.243 e. The van der Waals surface area contributed by atoms with Crippen molar-refractivity contribution in [1.29, 1.82) is 0 Å². The van der Waals surface area contributed by atoms with Gasteiger partial charge in [0.15, 0.2) is 5.82 Å². The largest absolute Gasteiger partial charge is 0.338 e. The van der Waals surface area contributed by atoms with Crippen molar-refractivity contribution in [1.82, 2.24) is 15.0 Å². The Bertz CT molecular complexity index is 663. The van der Waals surface area contributed by atoms with Crippen LogP contribution in [-0.2, 0) is 6.42 Å². The van der Waals surface area contributed by atoms with Crippen molar-refractivity contribution in [2.24, 2.45) is 11.1 Å². The molecule has 0 radical (unpaired) electrons. The molecule has 0 spiro atoms. The van der Waals surface area contributed by atoms with Crippen LogP contribution in [0.15, 0.2) is 28.8 Å². The van der Waals surface area contributed by atoms with Crippen molar-refractivity contribution >= 4 is 12.4 Å². The number of benzene rings is 1. The first-order chi connectivity index (χ1) is 11.0. The normalized spacial score (nSPS) is 22.3. The van der Waals surface area contributed by atoms with Crippen LogP contribution in [0, 0.1) is 11.2 Å². The standard InChI is InChI=1S/C17H23FN4O.ClH/c1-12(22-8-7-17(2,10-19)11-22)16-20-15(21-23-16)9-13-3-5-14(18)6-4-13;/h3-6,12H,7-11,19H2,1-2H3;1H. The predicted octanol–water partition coefficient (Wildman–Crippen LogP) is 2.95. The Morgan fingerprint density at radius 2 is 2.08 bits per heavy atom. The van der Waals surface area contributed by atoms with Gasteiger partial charge in [0.1, 0.15) is 5.82 Å². The molecule has 1 aromatic carbocycles. The molecule has 24 heavy (non-hydrogen) atoms. The number of halogens is 2. The van der Waals surface area contributed by atoms with Crippen LogP contribution < -0.4 is 5.73 Å². The molecule has 132 valence electrons. The van der Waals surface area contributed by atoms with Crippen LogP contribution >= 0.6 is 12.4 Å². The summed E-state index contributed by atoms with van der Waals surface area (Å²) in [5.41, 5.74) is 7.00. The first kappa shape index (κ1) is 18.8. The van der Waals surface area contributed by atoms with E-state index in [1.807, 2.05) is 0 Å². The molecule has 1 aliphatic heterocycles. The molecule has 2 aromatic rings. The second-order valence-electron chi connectivity index (χ2n) is 6.76. The van der Waals surface area contributed by atoms with Crippen LogP contribution in [0.2, 0.25) is 0 Å². The molecule has 0 saturated carbocycles. The van der Waals surface area contributed by atoms with Gasteiger partial charge < -0.3 is 10.3 Å². The number of hydrogen-bond donors (Lipinski definition) is 1. The molecule has 0 aliphatic carbocycles. The van der Waals surface area contributed by atoms with Gasteiger partial charge in [-0.25, -0.2) is 4.39 Å². The second kappa shape index (κ2) is 7.59. The van der Waals surface area contributed by atoms with Gasteiger partial charge in [0.2, 0.25) is 5.89 Å². The molecule has 2 heterocycles. The van der Waals surface area contributed by atoms with E-state index in [0.717, 1.165) is 25.1 Å². The Kier molecular flexibility index (Phi) is 5.96. The summed E-state index contributed by atoms with van der Waals surface area (Å²) in [6, 6.07) is 6.44. The van der Waals surface area contributed by atoms with Gasteiger partial charge in [-0.1, -0.05) is 24.2 Å². The zero-order valence-electron chi connectivity index (χ0n) is 14.0. The maximum absolute atomic E-state index is 12.9. The van der Waals surface area contributed by atoms with Gasteiger partial charge in [0, 0.05) is 13.0 Å². The first-order valence-corrected chi connectivity index (χ1v) is 8.00. The van der Waals surface area contributed by atoms with E-state index in [0.29, 0.717) is 24.7 Å². The summed E-state index contributed by atoms with van der Waals surface area (Å²) in [6.45, 7) is 6.92. The van der Waals surface area contributed by atoms with E-state index in [4.69, 9.17) is 10.3 Å². The SMILES string of the molecule is CC(c1nc(Cc2ccc(F)cc2)no1)N1CCC(C)(CN)C1.Cl. The van der Waals surface area contributed by atoms with Gasteiger partial charge in [-0.05, 0) is 49.5 Å². The number of rotatable bonds is 5. The number of nitrogens with zero attached hydrogens (tertiary/aromatic N) is 3. The van der Waals surface area contributed by atoms with Crippen LogP contribution in [0.1, 0.15) is 43.6 Å². The molecule has 3 rings (SSSR count). The third-order valence-corrected chi connectivity index (χ3v) is 4.74. The summed E-state index contributed by atoms with van der Waals surface area (Å²) in [4.78, 5) is 6.84. The van der Waals surface area contributed by atoms with Gasteiger partial charge in [-0.15, -0.1) is 12.4 Å². The summed E-state index contributed by atoms with van der Waals surface area (Å²) in [7, 11) is 0. The summed E-state index contributed by atoms with van der Waals surface area (Å²) in [5.74, 6) is 1.01. The van der Waals surface area contributed by atoms with Crippen molar-refractivity contribution in [2.45, 2.75) is 32.7 Å². The van der Waals surface area contributed by atoms with E-state index < -0.39 is 0 Å². The lowest BCUT2D eigenvalue weighted by molar-refractivity contribution is 0.188. The van der Waals surface area contributed by atoms with E-state index >= 15 is 0 Å². The quantitative estimate of drug-likeness (QED) is 0.894. The van der Waals surface area contributed by atoms with Crippen molar-refractivity contribution in [2.75, 3.05) is 19.6 Å². The minimum atomic E-state index is -0.242. The molecule has 1 fully saturated rings. The van der Waals surface area contributed by atoms with Crippen LogP contribution in [-0.4, -0.2) is 34.7 Å².